The third-order valence-corrected chi connectivity index (χ3v) is 3.16. The lowest BCUT2D eigenvalue weighted by Crippen LogP contribution is -2.46. The Morgan fingerprint density at radius 3 is 2.63 bits per heavy atom. The molecule has 1 aliphatic carbocycles. The first kappa shape index (κ1) is 15.4. The SMILES string of the molecule is CCCCCCOC1(C(=O)O)CC=CC=C1C(=O)O. The second-order valence-electron chi connectivity index (χ2n) is 4.56. The summed E-state index contributed by atoms with van der Waals surface area (Å²) in [5.74, 6) is -2.50. The molecule has 5 heteroatoms. The van der Waals surface area contributed by atoms with E-state index in [1.54, 1.807) is 12.2 Å². The van der Waals surface area contributed by atoms with Crippen molar-refractivity contribution in [1.29, 1.82) is 0 Å². The maximum Gasteiger partial charge on any atom is 0.341 e. The van der Waals surface area contributed by atoms with Crippen LogP contribution in [-0.4, -0.2) is 34.4 Å². The van der Waals surface area contributed by atoms with Crippen molar-refractivity contribution in [3.63, 3.8) is 0 Å². The number of aliphatic carboxylic acids is 2. The number of carboxylic acids is 2. The first-order chi connectivity index (χ1) is 9.04. The molecule has 0 aromatic rings. The van der Waals surface area contributed by atoms with Crippen molar-refractivity contribution in [2.45, 2.75) is 44.6 Å². The van der Waals surface area contributed by atoms with Crippen LogP contribution in [0.15, 0.2) is 23.8 Å². The molecule has 0 aromatic heterocycles. The molecule has 0 fully saturated rings. The van der Waals surface area contributed by atoms with Crippen molar-refractivity contribution >= 4 is 11.9 Å². The maximum atomic E-state index is 11.4. The van der Waals surface area contributed by atoms with Crippen LogP contribution in [0.1, 0.15) is 39.0 Å². The van der Waals surface area contributed by atoms with Gasteiger partial charge in [-0.25, -0.2) is 9.59 Å². The van der Waals surface area contributed by atoms with E-state index >= 15 is 0 Å². The standard InChI is InChI=1S/C14H20O5/c1-2-3-4-7-10-19-14(13(17)18)9-6-5-8-11(14)12(15)16/h5-6,8H,2-4,7,9-10H2,1H3,(H,15,16)(H,17,18). The van der Waals surface area contributed by atoms with Crippen LogP contribution in [0.25, 0.3) is 0 Å². The summed E-state index contributed by atoms with van der Waals surface area (Å²) in [5.41, 5.74) is -1.95. The first-order valence-corrected chi connectivity index (χ1v) is 6.52. The number of hydrogen-bond donors (Lipinski definition) is 2. The zero-order valence-corrected chi connectivity index (χ0v) is 11.1. The summed E-state index contributed by atoms with van der Waals surface area (Å²) in [7, 11) is 0. The molecule has 0 radical (unpaired) electrons. The normalized spacial score (nSPS) is 22.1. The molecular weight excluding hydrogens is 248 g/mol. The van der Waals surface area contributed by atoms with Crippen LogP contribution >= 0.6 is 0 Å². The average Bonchev–Trinajstić information content (AvgIpc) is 2.38. The van der Waals surface area contributed by atoms with Crippen LogP contribution in [0, 0.1) is 0 Å². The number of rotatable bonds is 8. The second-order valence-corrected chi connectivity index (χ2v) is 4.56. The lowest BCUT2D eigenvalue weighted by Gasteiger charge is -2.30. The first-order valence-electron chi connectivity index (χ1n) is 6.52. The van der Waals surface area contributed by atoms with Crippen LogP contribution in [0.2, 0.25) is 0 Å². The summed E-state index contributed by atoms with van der Waals surface area (Å²) in [5, 5.41) is 18.5. The van der Waals surface area contributed by atoms with Crippen molar-refractivity contribution < 1.29 is 24.5 Å². The van der Waals surface area contributed by atoms with Gasteiger partial charge in [0, 0.05) is 13.0 Å². The Kier molecular flexibility index (Phi) is 5.76. The summed E-state index contributed by atoms with van der Waals surface area (Å²) in [6.45, 7) is 2.33. The van der Waals surface area contributed by atoms with Gasteiger partial charge in [0.15, 0.2) is 0 Å². The van der Waals surface area contributed by atoms with Crippen molar-refractivity contribution in [2.24, 2.45) is 0 Å². The largest absolute Gasteiger partial charge is 0.479 e. The van der Waals surface area contributed by atoms with E-state index < -0.39 is 17.5 Å². The van der Waals surface area contributed by atoms with Gasteiger partial charge in [0.2, 0.25) is 5.60 Å². The quantitative estimate of drug-likeness (QED) is 0.660. The maximum absolute atomic E-state index is 11.4. The highest BCUT2D eigenvalue weighted by Crippen LogP contribution is 2.31. The average molecular weight is 268 g/mol. The van der Waals surface area contributed by atoms with Gasteiger partial charge in [-0.1, -0.05) is 38.3 Å². The van der Waals surface area contributed by atoms with E-state index in [4.69, 9.17) is 9.84 Å². The Bertz CT molecular complexity index is 397. The zero-order valence-electron chi connectivity index (χ0n) is 11.1. The number of carboxylic acid groups (broad SMARTS) is 2. The van der Waals surface area contributed by atoms with Gasteiger partial charge in [-0.15, -0.1) is 0 Å². The summed E-state index contributed by atoms with van der Waals surface area (Å²) in [6, 6.07) is 0. The van der Waals surface area contributed by atoms with E-state index in [0.29, 0.717) is 0 Å². The molecule has 1 atom stereocenters. The van der Waals surface area contributed by atoms with Gasteiger partial charge in [0.25, 0.3) is 0 Å². The zero-order chi connectivity index (χ0) is 14.3. The lowest BCUT2D eigenvalue weighted by atomic mass is 9.86. The minimum Gasteiger partial charge on any atom is -0.479 e. The van der Waals surface area contributed by atoms with Crippen LogP contribution in [-0.2, 0) is 14.3 Å². The molecule has 2 N–H and O–H groups in total. The van der Waals surface area contributed by atoms with Crippen LogP contribution < -0.4 is 0 Å². The molecule has 0 bridgehead atoms. The minimum atomic E-state index is -1.74. The van der Waals surface area contributed by atoms with Crippen LogP contribution in [0.4, 0.5) is 0 Å². The fourth-order valence-electron chi connectivity index (χ4n) is 2.06. The van der Waals surface area contributed by atoms with E-state index in [0.717, 1.165) is 25.7 Å². The van der Waals surface area contributed by atoms with Crippen molar-refractivity contribution in [3.8, 4) is 0 Å². The Labute approximate surface area is 112 Å². The van der Waals surface area contributed by atoms with Gasteiger partial charge in [-0.05, 0) is 12.5 Å². The molecule has 1 unspecified atom stereocenters. The second kappa shape index (κ2) is 7.09. The molecule has 0 aliphatic heterocycles. The monoisotopic (exact) mass is 268 g/mol. The Morgan fingerprint density at radius 2 is 2.05 bits per heavy atom. The van der Waals surface area contributed by atoms with Crippen molar-refractivity contribution in [2.75, 3.05) is 6.61 Å². The fraction of sp³-hybridized carbons (Fsp3) is 0.571. The summed E-state index contributed by atoms with van der Waals surface area (Å²) in [6.07, 6.45) is 8.34. The van der Waals surface area contributed by atoms with E-state index in [2.05, 4.69) is 6.92 Å². The molecule has 0 aromatic carbocycles. The van der Waals surface area contributed by atoms with E-state index in [-0.39, 0.29) is 18.6 Å². The molecule has 0 spiro atoms. The highest BCUT2D eigenvalue weighted by Gasteiger charge is 2.46. The lowest BCUT2D eigenvalue weighted by molar-refractivity contribution is -0.164. The Hall–Kier alpha value is -1.62. The van der Waals surface area contributed by atoms with Gasteiger partial charge < -0.3 is 14.9 Å². The number of carbonyl (C=O) groups is 2. The molecule has 0 saturated heterocycles. The molecule has 0 heterocycles. The molecule has 19 heavy (non-hydrogen) atoms. The van der Waals surface area contributed by atoms with E-state index in [1.807, 2.05) is 0 Å². The van der Waals surface area contributed by atoms with Crippen LogP contribution in [0.5, 0.6) is 0 Å². The van der Waals surface area contributed by atoms with E-state index in [9.17, 15) is 14.7 Å². The van der Waals surface area contributed by atoms with Gasteiger partial charge in [0.05, 0.1) is 5.57 Å². The number of ether oxygens (including phenoxy) is 1. The molecule has 0 amide bonds. The summed E-state index contributed by atoms with van der Waals surface area (Å²) < 4.78 is 5.45. The van der Waals surface area contributed by atoms with Crippen molar-refractivity contribution in [1.82, 2.24) is 0 Å². The molecule has 1 aliphatic rings. The third-order valence-electron chi connectivity index (χ3n) is 3.16. The van der Waals surface area contributed by atoms with Crippen molar-refractivity contribution in [3.05, 3.63) is 23.8 Å². The smallest absolute Gasteiger partial charge is 0.341 e. The molecule has 106 valence electrons. The predicted molar refractivity (Wildman–Crippen MR) is 69.9 cm³/mol. The number of hydrogen-bond acceptors (Lipinski definition) is 3. The molecule has 1 rings (SSSR count). The summed E-state index contributed by atoms with van der Waals surface area (Å²) in [4.78, 5) is 22.6. The number of unbranched alkanes of at least 4 members (excludes halogenated alkanes) is 3. The summed E-state index contributed by atoms with van der Waals surface area (Å²) >= 11 is 0. The molecule has 0 saturated carbocycles. The van der Waals surface area contributed by atoms with Gasteiger partial charge >= 0.3 is 11.9 Å². The molecular formula is C14H20O5. The highest BCUT2D eigenvalue weighted by atomic mass is 16.5. The topological polar surface area (TPSA) is 83.8 Å². The van der Waals surface area contributed by atoms with E-state index in [1.165, 1.54) is 6.08 Å². The molecule has 5 nitrogen and oxygen atoms in total. The fourth-order valence-corrected chi connectivity index (χ4v) is 2.06. The number of allylic oxidation sites excluding steroid dienone is 2. The van der Waals surface area contributed by atoms with Gasteiger partial charge in [0.1, 0.15) is 0 Å². The predicted octanol–water partition coefficient (Wildman–Crippen LogP) is 2.38. The van der Waals surface area contributed by atoms with Gasteiger partial charge in [-0.3, -0.25) is 0 Å². The third kappa shape index (κ3) is 3.67. The highest BCUT2D eigenvalue weighted by molar-refractivity contribution is 5.99. The van der Waals surface area contributed by atoms with Crippen LogP contribution in [0.3, 0.4) is 0 Å². The Morgan fingerprint density at radius 1 is 1.32 bits per heavy atom. The van der Waals surface area contributed by atoms with Gasteiger partial charge in [-0.2, -0.15) is 0 Å². The Balaban J connectivity index is 2.75. The minimum absolute atomic E-state index is 0.0498.